The lowest BCUT2D eigenvalue weighted by molar-refractivity contribution is 0.0986. The van der Waals surface area contributed by atoms with Crippen molar-refractivity contribution in [2.24, 2.45) is 0 Å². The lowest BCUT2D eigenvalue weighted by atomic mass is 10.1. The van der Waals surface area contributed by atoms with Crippen LogP contribution in [0.4, 0.5) is 5.82 Å². The van der Waals surface area contributed by atoms with Crippen molar-refractivity contribution in [3.05, 3.63) is 78.0 Å². The lowest BCUT2D eigenvalue weighted by Crippen LogP contribution is -2.10. The van der Waals surface area contributed by atoms with Crippen molar-refractivity contribution >= 4 is 22.6 Å². The number of carbonyl (C=O) groups excluding carboxylic acids is 1. The largest absolute Gasteiger partial charge is 0.497 e. The first-order valence-corrected chi connectivity index (χ1v) is 9.85. The molecule has 0 saturated heterocycles. The van der Waals surface area contributed by atoms with Gasteiger partial charge in [-0.1, -0.05) is 12.1 Å². The number of fused-ring (bicyclic) bond motifs is 1. The molecule has 0 fully saturated rings. The molecule has 0 atom stereocenters. The maximum absolute atomic E-state index is 13.2. The second-order valence-corrected chi connectivity index (χ2v) is 7.40. The number of H-pyrrole nitrogens is 1. The van der Waals surface area contributed by atoms with Crippen LogP contribution in [0.3, 0.4) is 0 Å². The Morgan fingerprint density at radius 1 is 1.16 bits per heavy atom. The van der Waals surface area contributed by atoms with Crippen molar-refractivity contribution in [3.8, 4) is 22.6 Å². The first kappa shape index (κ1) is 19.4. The highest BCUT2D eigenvalue weighted by atomic mass is 16.5. The Balaban J connectivity index is 1.50. The predicted molar refractivity (Wildman–Crippen MR) is 119 cm³/mol. The monoisotopic (exact) mass is 428 g/mol. The van der Waals surface area contributed by atoms with Crippen LogP contribution in [0.2, 0.25) is 0 Å². The Morgan fingerprint density at radius 3 is 2.81 bits per heavy atom. The van der Waals surface area contributed by atoms with Gasteiger partial charge in [-0.3, -0.25) is 4.79 Å². The normalized spacial score (nSPS) is 11.2. The molecule has 5 aromatic rings. The first-order valence-electron chi connectivity index (χ1n) is 9.85. The molecule has 9 nitrogen and oxygen atoms in total. The SMILES string of the molecule is COc1cccc(-c2cc(C(=O)c3cnn(-c4ccc5[nH]c(C)nc5c4)c3N)n(O)c2)c1. The number of ether oxygens (including phenoxy) is 1. The number of imidazole rings is 1. The van der Waals surface area contributed by atoms with Crippen LogP contribution in [0.1, 0.15) is 21.9 Å². The van der Waals surface area contributed by atoms with E-state index < -0.39 is 5.78 Å². The molecule has 3 heterocycles. The third kappa shape index (κ3) is 3.16. The number of aromatic nitrogens is 5. The number of aryl methyl sites for hydroxylation is 1. The molecule has 0 radical (unpaired) electrons. The third-order valence-corrected chi connectivity index (χ3v) is 5.32. The number of methoxy groups -OCH3 is 1. The van der Waals surface area contributed by atoms with Crippen LogP contribution in [0.25, 0.3) is 27.8 Å². The Bertz CT molecular complexity index is 1480. The minimum absolute atomic E-state index is 0.0763. The van der Waals surface area contributed by atoms with Gasteiger partial charge < -0.3 is 20.7 Å². The van der Waals surface area contributed by atoms with Gasteiger partial charge in [0.05, 0.1) is 41.8 Å². The summed E-state index contributed by atoms with van der Waals surface area (Å²) in [4.78, 5) is 20.7. The standard InChI is InChI=1S/C23H20N6O3/c1-13-26-19-7-6-16(10-20(19)27-13)29-23(24)18(11-25-29)22(30)21-9-15(12-28(21)31)14-4-3-5-17(8-14)32-2/h3-12,31H,24H2,1-2H3,(H,26,27). The number of benzene rings is 2. The van der Waals surface area contributed by atoms with Crippen molar-refractivity contribution in [1.82, 2.24) is 24.5 Å². The lowest BCUT2D eigenvalue weighted by Gasteiger charge is -2.05. The second kappa shape index (κ2) is 7.31. The Kier molecular flexibility index (Phi) is 4.44. The molecule has 0 spiro atoms. The molecule has 9 heteroatoms. The molecule has 0 unspecified atom stereocenters. The maximum Gasteiger partial charge on any atom is 0.218 e. The molecule has 0 aliphatic rings. The molecule has 0 saturated carbocycles. The van der Waals surface area contributed by atoms with E-state index in [4.69, 9.17) is 10.5 Å². The average molecular weight is 428 g/mol. The average Bonchev–Trinajstić information content (AvgIpc) is 3.48. The number of hydrogen-bond donors (Lipinski definition) is 3. The van der Waals surface area contributed by atoms with E-state index in [0.717, 1.165) is 27.2 Å². The number of rotatable bonds is 5. The quantitative estimate of drug-likeness (QED) is 0.290. The molecule has 2 aromatic carbocycles. The number of nitrogens with two attached hydrogens (primary N) is 1. The molecular weight excluding hydrogens is 408 g/mol. The molecule has 0 amide bonds. The van der Waals surface area contributed by atoms with Gasteiger partial charge in [0.15, 0.2) is 0 Å². The maximum atomic E-state index is 13.2. The van der Waals surface area contributed by atoms with E-state index in [-0.39, 0.29) is 17.1 Å². The summed E-state index contributed by atoms with van der Waals surface area (Å²) in [5.41, 5.74) is 10.4. The Labute approximate surface area is 182 Å². The summed E-state index contributed by atoms with van der Waals surface area (Å²) in [6, 6.07) is 14.5. The molecule has 5 rings (SSSR count). The first-order chi connectivity index (χ1) is 15.4. The summed E-state index contributed by atoms with van der Waals surface area (Å²) in [6.07, 6.45) is 2.87. The molecule has 0 aliphatic heterocycles. The van der Waals surface area contributed by atoms with Crippen LogP contribution in [0.5, 0.6) is 5.75 Å². The summed E-state index contributed by atoms with van der Waals surface area (Å²) in [6.45, 7) is 1.88. The number of ketones is 1. The molecule has 3 aromatic heterocycles. The molecule has 160 valence electrons. The van der Waals surface area contributed by atoms with Crippen molar-refractivity contribution in [2.45, 2.75) is 6.92 Å². The molecular formula is C23H20N6O3. The van der Waals surface area contributed by atoms with Gasteiger partial charge in [0, 0.05) is 5.56 Å². The number of nitrogens with zero attached hydrogens (tertiary/aromatic N) is 4. The van der Waals surface area contributed by atoms with E-state index in [1.165, 1.54) is 17.1 Å². The number of aromatic amines is 1. The fourth-order valence-electron chi connectivity index (χ4n) is 3.71. The van der Waals surface area contributed by atoms with Gasteiger partial charge in [0.1, 0.15) is 23.1 Å². The predicted octanol–water partition coefficient (Wildman–Crippen LogP) is 3.58. The number of nitrogens with one attached hydrogen (secondary N) is 1. The fraction of sp³-hybridized carbons (Fsp3) is 0.0870. The van der Waals surface area contributed by atoms with Crippen molar-refractivity contribution < 1.29 is 14.7 Å². The fourth-order valence-corrected chi connectivity index (χ4v) is 3.71. The second-order valence-electron chi connectivity index (χ2n) is 7.40. The van der Waals surface area contributed by atoms with Gasteiger partial charge in [-0.2, -0.15) is 9.83 Å². The highest BCUT2D eigenvalue weighted by Gasteiger charge is 2.22. The van der Waals surface area contributed by atoms with Crippen LogP contribution in [-0.4, -0.2) is 42.6 Å². The number of carbonyl (C=O) groups is 1. The number of nitrogen functional groups attached to an aromatic ring is 1. The van der Waals surface area contributed by atoms with Crippen molar-refractivity contribution in [1.29, 1.82) is 0 Å². The van der Waals surface area contributed by atoms with Crippen molar-refractivity contribution in [3.63, 3.8) is 0 Å². The van der Waals surface area contributed by atoms with E-state index in [1.807, 2.05) is 49.4 Å². The van der Waals surface area contributed by atoms with Gasteiger partial charge in [-0.05, 0) is 48.9 Å². The highest BCUT2D eigenvalue weighted by molar-refractivity contribution is 6.11. The van der Waals surface area contributed by atoms with Gasteiger partial charge in [-0.15, -0.1) is 0 Å². The minimum Gasteiger partial charge on any atom is -0.497 e. The van der Waals surface area contributed by atoms with E-state index in [2.05, 4.69) is 15.1 Å². The van der Waals surface area contributed by atoms with Crippen LogP contribution in [-0.2, 0) is 0 Å². The van der Waals surface area contributed by atoms with Crippen LogP contribution < -0.4 is 10.5 Å². The van der Waals surface area contributed by atoms with Gasteiger partial charge in [0.25, 0.3) is 0 Å². The summed E-state index contributed by atoms with van der Waals surface area (Å²) < 4.78 is 7.52. The van der Waals surface area contributed by atoms with Gasteiger partial charge >= 0.3 is 0 Å². The third-order valence-electron chi connectivity index (χ3n) is 5.32. The number of anilines is 1. The minimum atomic E-state index is -0.443. The Morgan fingerprint density at radius 2 is 2.00 bits per heavy atom. The zero-order valence-electron chi connectivity index (χ0n) is 17.4. The smallest absolute Gasteiger partial charge is 0.218 e. The van der Waals surface area contributed by atoms with Gasteiger partial charge in [-0.25, -0.2) is 9.67 Å². The highest BCUT2D eigenvalue weighted by Crippen LogP contribution is 2.28. The zero-order chi connectivity index (χ0) is 22.4. The summed E-state index contributed by atoms with van der Waals surface area (Å²) in [7, 11) is 1.58. The van der Waals surface area contributed by atoms with E-state index in [9.17, 15) is 10.0 Å². The Hall–Kier alpha value is -4.53. The van der Waals surface area contributed by atoms with Crippen LogP contribution in [0, 0.1) is 6.92 Å². The van der Waals surface area contributed by atoms with E-state index in [0.29, 0.717) is 17.0 Å². The summed E-state index contributed by atoms with van der Waals surface area (Å²) >= 11 is 0. The molecule has 0 bridgehead atoms. The van der Waals surface area contributed by atoms with Crippen LogP contribution in [0.15, 0.2) is 60.9 Å². The molecule has 0 aliphatic carbocycles. The van der Waals surface area contributed by atoms with Crippen molar-refractivity contribution in [2.75, 3.05) is 12.8 Å². The molecule has 32 heavy (non-hydrogen) atoms. The topological polar surface area (TPSA) is 124 Å². The van der Waals surface area contributed by atoms with E-state index >= 15 is 0 Å². The van der Waals surface area contributed by atoms with Gasteiger partial charge in [0.2, 0.25) is 5.78 Å². The summed E-state index contributed by atoms with van der Waals surface area (Å²) in [5, 5.41) is 14.7. The van der Waals surface area contributed by atoms with E-state index in [1.54, 1.807) is 13.2 Å². The summed E-state index contributed by atoms with van der Waals surface area (Å²) in [5.74, 6) is 1.21. The zero-order valence-corrected chi connectivity index (χ0v) is 17.4. The van der Waals surface area contributed by atoms with Crippen LogP contribution >= 0.6 is 0 Å². The number of hydrogen-bond acceptors (Lipinski definition) is 6. The molecule has 4 N–H and O–H groups in total.